The largest absolute Gasteiger partial charge is 0.490 e. The number of para-hydroxylation sites is 1. The Morgan fingerprint density at radius 2 is 1.95 bits per heavy atom. The second-order valence-corrected chi connectivity index (χ2v) is 4.90. The molecule has 19 heavy (non-hydrogen) atoms. The number of aryl methyl sites for hydroxylation is 1. The lowest BCUT2D eigenvalue weighted by Gasteiger charge is -2.13. The maximum absolute atomic E-state index is 5.98. The molecule has 2 aromatic rings. The molecule has 0 atom stereocenters. The summed E-state index contributed by atoms with van der Waals surface area (Å²) in [6, 6.07) is 12.1. The zero-order valence-electron chi connectivity index (χ0n) is 11.1. The third kappa shape index (κ3) is 2.55. The summed E-state index contributed by atoms with van der Waals surface area (Å²) in [6.45, 7) is 2.09. The number of ether oxygens (including phenoxy) is 1. The van der Waals surface area contributed by atoms with E-state index in [4.69, 9.17) is 10.5 Å². The molecule has 1 fully saturated rings. The fraction of sp³-hybridized carbons (Fsp3) is 0.312. The molecule has 0 amide bonds. The number of nitrogen functional groups attached to an aromatic ring is 1. The first-order chi connectivity index (χ1) is 9.28. The van der Waals surface area contributed by atoms with E-state index in [1.165, 1.54) is 0 Å². The van der Waals surface area contributed by atoms with Crippen molar-refractivity contribution in [3.8, 4) is 16.9 Å². The van der Waals surface area contributed by atoms with Crippen LogP contribution in [0, 0.1) is 0 Å². The maximum Gasteiger partial charge on any atom is 0.127 e. The van der Waals surface area contributed by atoms with Crippen LogP contribution in [0.1, 0.15) is 25.5 Å². The van der Waals surface area contributed by atoms with Gasteiger partial charge in [0, 0.05) is 11.1 Å². The average molecular weight is 254 g/mol. The Balaban J connectivity index is 2.05. The molecular weight excluding hydrogens is 236 g/mol. The van der Waals surface area contributed by atoms with Gasteiger partial charge in [-0.15, -0.1) is 0 Å². The first kappa shape index (κ1) is 12.0. The molecule has 0 saturated heterocycles. The molecule has 0 aliphatic heterocycles. The first-order valence-electron chi connectivity index (χ1n) is 6.79. The number of hydrogen-bond donors (Lipinski definition) is 1. The van der Waals surface area contributed by atoms with E-state index in [-0.39, 0.29) is 0 Å². The van der Waals surface area contributed by atoms with Gasteiger partial charge in [-0.25, -0.2) is 4.98 Å². The van der Waals surface area contributed by atoms with Crippen LogP contribution in [0.5, 0.6) is 5.75 Å². The van der Waals surface area contributed by atoms with Crippen molar-refractivity contribution in [1.29, 1.82) is 0 Å². The SMILES string of the molecule is CCc1nc(N)ccc1-c1ccccc1OC1CC1. The zero-order valence-corrected chi connectivity index (χ0v) is 11.1. The highest BCUT2D eigenvalue weighted by Gasteiger charge is 2.25. The van der Waals surface area contributed by atoms with Crippen molar-refractivity contribution in [2.24, 2.45) is 0 Å². The molecule has 1 aliphatic carbocycles. The van der Waals surface area contributed by atoms with Crippen LogP contribution < -0.4 is 10.5 Å². The second kappa shape index (κ2) is 4.92. The molecule has 1 saturated carbocycles. The highest BCUT2D eigenvalue weighted by molar-refractivity contribution is 5.73. The van der Waals surface area contributed by atoms with Crippen molar-refractivity contribution in [2.75, 3.05) is 5.73 Å². The van der Waals surface area contributed by atoms with Gasteiger partial charge in [-0.1, -0.05) is 25.1 Å². The number of anilines is 1. The predicted molar refractivity (Wildman–Crippen MR) is 77.1 cm³/mol. The average Bonchev–Trinajstić information content (AvgIpc) is 3.23. The van der Waals surface area contributed by atoms with Crippen LogP contribution in [-0.4, -0.2) is 11.1 Å². The molecule has 1 heterocycles. The van der Waals surface area contributed by atoms with Gasteiger partial charge in [0.1, 0.15) is 11.6 Å². The van der Waals surface area contributed by atoms with Crippen molar-refractivity contribution in [3.63, 3.8) is 0 Å². The van der Waals surface area contributed by atoms with Gasteiger partial charge in [0.2, 0.25) is 0 Å². The van der Waals surface area contributed by atoms with Crippen LogP contribution in [-0.2, 0) is 6.42 Å². The molecular formula is C16H18N2O. The lowest BCUT2D eigenvalue weighted by molar-refractivity contribution is 0.304. The quantitative estimate of drug-likeness (QED) is 0.909. The van der Waals surface area contributed by atoms with Crippen LogP contribution in [0.2, 0.25) is 0 Å². The summed E-state index contributed by atoms with van der Waals surface area (Å²) in [5.41, 5.74) is 9.02. The Hall–Kier alpha value is -2.03. The van der Waals surface area contributed by atoms with Gasteiger partial charge in [0.25, 0.3) is 0 Å². The number of nitrogens with two attached hydrogens (primary N) is 1. The lowest BCUT2D eigenvalue weighted by atomic mass is 10.0. The van der Waals surface area contributed by atoms with Crippen LogP contribution in [0.15, 0.2) is 36.4 Å². The van der Waals surface area contributed by atoms with Gasteiger partial charge in [-0.3, -0.25) is 0 Å². The topological polar surface area (TPSA) is 48.1 Å². The van der Waals surface area contributed by atoms with Crippen molar-refractivity contribution in [1.82, 2.24) is 4.98 Å². The normalized spacial score (nSPS) is 14.4. The van der Waals surface area contributed by atoms with Crippen molar-refractivity contribution in [3.05, 3.63) is 42.1 Å². The monoisotopic (exact) mass is 254 g/mol. The number of aromatic nitrogens is 1. The highest BCUT2D eigenvalue weighted by atomic mass is 16.5. The Morgan fingerprint density at radius 1 is 1.16 bits per heavy atom. The minimum atomic E-state index is 0.396. The molecule has 3 rings (SSSR count). The van der Waals surface area contributed by atoms with Gasteiger partial charge < -0.3 is 10.5 Å². The molecule has 98 valence electrons. The minimum Gasteiger partial charge on any atom is -0.490 e. The Bertz CT molecular complexity index is 591. The van der Waals surface area contributed by atoms with Crippen molar-refractivity contribution >= 4 is 5.82 Å². The minimum absolute atomic E-state index is 0.396. The number of pyridine rings is 1. The van der Waals surface area contributed by atoms with Crippen molar-refractivity contribution < 1.29 is 4.74 Å². The number of rotatable bonds is 4. The molecule has 0 bridgehead atoms. The van der Waals surface area contributed by atoms with E-state index in [0.717, 1.165) is 41.8 Å². The van der Waals surface area contributed by atoms with E-state index in [0.29, 0.717) is 11.9 Å². The molecule has 0 spiro atoms. The number of nitrogens with zero attached hydrogens (tertiary/aromatic N) is 1. The fourth-order valence-electron chi connectivity index (χ4n) is 2.19. The molecule has 2 N–H and O–H groups in total. The van der Waals surface area contributed by atoms with Gasteiger partial charge in [-0.05, 0) is 37.5 Å². The van der Waals surface area contributed by atoms with Gasteiger partial charge in [0.15, 0.2) is 0 Å². The van der Waals surface area contributed by atoms with Gasteiger partial charge in [-0.2, -0.15) is 0 Å². The third-order valence-electron chi connectivity index (χ3n) is 3.33. The molecule has 0 unspecified atom stereocenters. The predicted octanol–water partition coefficient (Wildman–Crippen LogP) is 3.43. The number of hydrogen-bond acceptors (Lipinski definition) is 3. The third-order valence-corrected chi connectivity index (χ3v) is 3.33. The summed E-state index contributed by atoms with van der Waals surface area (Å²) >= 11 is 0. The zero-order chi connectivity index (χ0) is 13.2. The summed E-state index contributed by atoms with van der Waals surface area (Å²) in [5, 5.41) is 0. The molecule has 1 aromatic carbocycles. The number of benzene rings is 1. The van der Waals surface area contributed by atoms with E-state index in [9.17, 15) is 0 Å². The first-order valence-corrected chi connectivity index (χ1v) is 6.79. The summed E-state index contributed by atoms with van der Waals surface area (Å²) in [4.78, 5) is 4.43. The van der Waals surface area contributed by atoms with Crippen molar-refractivity contribution in [2.45, 2.75) is 32.3 Å². The van der Waals surface area contributed by atoms with Crippen LogP contribution in [0.3, 0.4) is 0 Å². The van der Waals surface area contributed by atoms with E-state index in [1.54, 1.807) is 0 Å². The lowest BCUT2D eigenvalue weighted by Crippen LogP contribution is -2.01. The van der Waals surface area contributed by atoms with E-state index < -0.39 is 0 Å². The highest BCUT2D eigenvalue weighted by Crippen LogP contribution is 2.36. The van der Waals surface area contributed by atoms with Crippen LogP contribution in [0.25, 0.3) is 11.1 Å². The van der Waals surface area contributed by atoms with Crippen LogP contribution in [0.4, 0.5) is 5.82 Å². The summed E-state index contributed by atoms with van der Waals surface area (Å²) in [6.07, 6.45) is 3.58. The van der Waals surface area contributed by atoms with E-state index >= 15 is 0 Å². The Kier molecular flexibility index (Phi) is 3.11. The molecule has 0 radical (unpaired) electrons. The summed E-state index contributed by atoms with van der Waals surface area (Å²) < 4.78 is 5.98. The molecule has 3 heteroatoms. The van der Waals surface area contributed by atoms with Crippen LogP contribution >= 0.6 is 0 Å². The molecule has 1 aromatic heterocycles. The van der Waals surface area contributed by atoms with E-state index in [1.807, 2.05) is 30.3 Å². The second-order valence-electron chi connectivity index (χ2n) is 4.90. The Labute approximate surface area is 113 Å². The fourth-order valence-corrected chi connectivity index (χ4v) is 2.19. The molecule has 3 nitrogen and oxygen atoms in total. The van der Waals surface area contributed by atoms with Gasteiger partial charge >= 0.3 is 0 Å². The Morgan fingerprint density at radius 3 is 2.68 bits per heavy atom. The van der Waals surface area contributed by atoms with Gasteiger partial charge in [0.05, 0.1) is 11.8 Å². The standard InChI is InChI=1S/C16H18N2O/c1-2-14-12(9-10-16(17)18-14)13-5-3-4-6-15(13)19-11-7-8-11/h3-6,9-11H,2,7-8H2,1H3,(H2,17,18). The maximum atomic E-state index is 5.98. The summed E-state index contributed by atoms with van der Waals surface area (Å²) in [5.74, 6) is 1.52. The summed E-state index contributed by atoms with van der Waals surface area (Å²) in [7, 11) is 0. The smallest absolute Gasteiger partial charge is 0.127 e. The van der Waals surface area contributed by atoms with E-state index in [2.05, 4.69) is 18.0 Å². The molecule has 1 aliphatic rings.